The first-order chi connectivity index (χ1) is 8.39. The molecule has 1 aliphatic carbocycles. The Morgan fingerprint density at radius 2 is 2.00 bits per heavy atom. The van der Waals surface area contributed by atoms with Gasteiger partial charge in [-0.15, -0.1) is 0 Å². The average molecular weight is 322 g/mol. The van der Waals surface area contributed by atoms with Crippen molar-refractivity contribution in [3.63, 3.8) is 0 Å². The molecule has 1 amide bonds. The van der Waals surface area contributed by atoms with Gasteiger partial charge in [-0.1, -0.05) is 6.07 Å². The maximum Gasteiger partial charge on any atom is 0.417 e. The SMILES string of the molecule is O=C(NC1CCC1)c1cccc(C(F)(F)F)c1Br. The molecule has 0 saturated heterocycles. The summed E-state index contributed by atoms with van der Waals surface area (Å²) >= 11 is 2.87. The third-order valence-corrected chi connectivity index (χ3v) is 3.84. The standard InChI is InChI=1S/C12H11BrF3NO/c13-10-8(11(18)17-7-3-1-4-7)5-2-6-9(10)12(14,15)16/h2,5-7H,1,3-4H2,(H,17,18). The van der Waals surface area contributed by atoms with Gasteiger partial charge in [0.25, 0.3) is 5.91 Å². The molecule has 2 rings (SSSR count). The minimum atomic E-state index is -4.47. The molecule has 1 aliphatic rings. The minimum absolute atomic E-state index is 0.0247. The summed E-state index contributed by atoms with van der Waals surface area (Å²) in [7, 11) is 0. The third kappa shape index (κ3) is 2.68. The fourth-order valence-corrected chi connectivity index (χ4v) is 2.41. The number of nitrogens with one attached hydrogen (secondary N) is 1. The van der Waals surface area contributed by atoms with Gasteiger partial charge in [-0.25, -0.2) is 0 Å². The van der Waals surface area contributed by atoms with Gasteiger partial charge in [0.2, 0.25) is 0 Å². The van der Waals surface area contributed by atoms with E-state index in [2.05, 4.69) is 21.2 Å². The lowest BCUT2D eigenvalue weighted by molar-refractivity contribution is -0.138. The van der Waals surface area contributed by atoms with Crippen molar-refractivity contribution >= 4 is 21.8 Å². The summed E-state index contributed by atoms with van der Waals surface area (Å²) in [6.45, 7) is 0. The molecular formula is C12H11BrF3NO. The Kier molecular flexibility index (Phi) is 3.66. The monoisotopic (exact) mass is 321 g/mol. The molecule has 1 aromatic rings. The highest BCUT2D eigenvalue weighted by Gasteiger charge is 2.34. The van der Waals surface area contributed by atoms with E-state index in [1.54, 1.807) is 0 Å². The van der Waals surface area contributed by atoms with E-state index in [1.165, 1.54) is 12.1 Å². The van der Waals surface area contributed by atoms with Gasteiger partial charge in [0.1, 0.15) is 0 Å². The van der Waals surface area contributed by atoms with Gasteiger partial charge in [-0.3, -0.25) is 4.79 Å². The van der Waals surface area contributed by atoms with Crippen molar-refractivity contribution in [1.82, 2.24) is 5.32 Å². The molecule has 0 heterocycles. The van der Waals surface area contributed by atoms with Gasteiger partial charge >= 0.3 is 6.18 Å². The number of alkyl halides is 3. The number of carbonyl (C=O) groups is 1. The van der Waals surface area contributed by atoms with Crippen LogP contribution in [0.15, 0.2) is 22.7 Å². The zero-order valence-electron chi connectivity index (χ0n) is 9.35. The van der Waals surface area contributed by atoms with Gasteiger partial charge < -0.3 is 5.32 Å². The molecule has 0 bridgehead atoms. The zero-order valence-corrected chi connectivity index (χ0v) is 10.9. The lowest BCUT2D eigenvalue weighted by atomic mass is 9.93. The first-order valence-electron chi connectivity index (χ1n) is 5.56. The van der Waals surface area contributed by atoms with Crippen molar-refractivity contribution in [2.24, 2.45) is 0 Å². The Morgan fingerprint density at radius 1 is 1.33 bits per heavy atom. The maximum absolute atomic E-state index is 12.7. The van der Waals surface area contributed by atoms with Crippen molar-refractivity contribution in [2.45, 2.75) is 31.5 Å². The van der Waals surface area contributed by atoms with Gasteiger partial charge in [0, 0.05) is 10.5 Å². The average Bonchev–Trinajstić information content (AvgIpc) is 2.21. The molecule has 98 valence electrons. The van der Waals surface area contributed by atoms with Crippen LogP contribution in [0.1, 0.15) is 35.2 Å². The highest BCUT2D eigenvalue weighted by atomic mass is 79.9. The quantitative estimate of drug-likeness (QED) is 0.883. The summed E-state index contributed by atoms with van der Waals surface area (Å²) in [4.78, 5) is 11.8. The van der Waals surface area contributed by atoms with Crippen LogP contribution in [0.2, 0.25) is 0 Å². The second-order valence-corrected chi connectivity index (χ2v) is 5.06. The predicted molar refractivity (Wildman–Crippen MR) is 64.2 cm³/mol. The van der Waals surface area contributed by atoms with Crippen LogP contribution in [-0.2, 0) is 6.18 Å². The van der Waals surface area contributed by atoms with Crippen LogP contribution in [0.4, 0.5) is 13.2 Å². The van der Waals surface area contributed by atoms with E-state index in [9.17, 15) is 18.0 Å². The first kappa shape index (κ1) is 13.4. The normalized spacial score (nSPS) is 16.2. The summed E-state index contributed by atoms with van der Waals surface area (Å²) in [6.07, 6.45) is -1.63. The number of carbonyl (C=O) groups excluding carboxylic acids is 1. The Bertz CT molecular complexity index is 469. The first-order valence-corrected chi connectivity index (χ1v) is 6.35. The lowest BCUT2D eigenvalue weighted by Gasteiger charge is -2.26. The summed E-state index contributed by atoms with van der Waals surface area (Å²) in [5.74, 6) is -0.460. The Morgan fingerprint density at radius 3 is 2.50 bits per heavy atom. The maximum atomic E-state index is 12.7. The largest absolute Gasteiger partial charge is 0.417 e. The molecule has 0 radical (unpaired) electrons. The van der Waals surface area contributed by atoms with Crippen LogP contribution in [0.3, 0.4) is 0 Å². The van der Waals surface area contributed by atoms with E-state index < -0.39 is 17.6 Å². The highest BCUT2D eigenvalue weighted by molar-refractivity contribution is 9.10. The van der Waals surface area contributed by atoms with Crippen LogP contribution in [0.25, 0.3) is 0 Å². The molecular weight excluding hydrogens is 311 g/mol. The number of halogens is 4. The minimum Gasteiger partial charge on any atom is -0.349 e. The number of rotatable bonds is 2. The Labute approximate surface area is 111 Å². The van der Waals surface area contributed by atoms with Crippen LogP contribution in [0.5, 0.6) is 0 Å². The number of hydrogen-bond acceptors (Lipinski definition) is 1. The lowest BCUT2D eigenvalue weighted by Crippen LogP contribution is -2.39. The topological polar surface area (TPSA) is 29.1 Å². The Balaban J connectivity index is 2.25. The molecule has 1 fully saturated rings. The Hall–Kier alpha value is -1.04. The van der Waals surface area contributed by atoms with Crippen molar-refractivity contribution in [3.8, 4) is 0 Å². The molecule has 1 N–H and O–H groups in total. The molecule has 1 aromatic carbocycles. The summed E-state index contributed by atoms with van der Waals surface area (Å²) in [6, 6.07) is 3.67. The van der Waals surface area contributed by atoms with Gasteiger partial charge in [0.05, 0.1) is 11.1 Å². The second kappa shape index (κ2) is 4.91. The molecule has 1 saturated carbocycles. The zero-order chi connectivity index (χ0) is 13.3. The smallest absolute Gasteiger partial charge is 0.349 e. The van der Waals surface area contributed by atoms with Crippen molar-refractivity contribution in [2.75, 3.05) is 0 Å². The van der Waals surface area contributed by atoms with E-state index in [0.29, 0.717) is 0 Å². The molecule has 0 aliphatic heterocycles. The van der Waals surface area contributed by atoms with E-state index in [4.69, 9.17) is 0 Å². The van der Waals surface area contributed by atoms with Gasteiger partial charge in [0.15, 0.2) is 0 Å². The fraction of sp³-hybridized carbons (Fsp3) is 0.417. The second-order valence-electron chi connectivity index (χ2n) is 4.27. The molecule has 6 heteroatoms. The summed E-state index contributed by atoms with van der Waals surface area (Å²) in [5, 5.41) is 2.72. The summed E-state index contributed by atoms with van der Waals surface area (Å²) in [5.41, 5.74) is -0.805. The van der Waals surface area contributed by atoms with Crippen molar-refractivity contribution in [1.29, 1.82) is 0 Å². The highest BCUT2D eigenvalue weighted by Crippen LogP contribution is 2.36. The van der Waals surface area contributed by atoms with Crippen LogP contribution >= 0.6 is 15.9 Å². The van der Waals surface area contributed by atoms with E-state index in [0.717, 1.165) is 25.3 Å². The van der Waals surface area contributed by atoms with Gasteiger partial charge in [-0.2, -0.15) is 13.2 Å². The number of benzene rings is 1. The van der Waals surface area contributed by atoms with E-state index in [1.807, 2.05) is 0 Å². The fourth-order valence-electron chi connectivity index (χ4n) is 1.74. The summed E-state index contributed by atoms with van der Waals surface area (Å²) < 4.78 is 37.8. The number of hydrogen-bond donors (Lipinski definition) is 1. The molecule has 0 atom stereocenters. The molecule has 0 aromatic heterocycles. The van der Waals surface area contributed by atoms with Crippen molar-refractivity contribution in [3.05, 3.63) is 33.8 Å². The van der Waals surface area contributed by atoms with Crippen molar-refractivity contribution < 1.29 is 18.0 Å². The molecule has 18 heavy (non-hydrogen) atoms. The third-order valence-electron chi connectivity index (χ3n) is 2.99. The predicted octanol–water partition coefficient (Wildman–Crippen LogP) is 3.75. The van der Waals surface area contributed by atoms with E-state index in [-0.39, 0.29) is 16.1 Å². The number of amides is 1. The molecule has 2 nitrogen and oxygen atoms in total. The van der Waals surface area contributed by atoms with E-state index >= 15 is 0 Å². The molecule has 0 spiro atoms. The van der Waals surface area contributed by atoms with Crippen LogP contribution in [-0.4, -0.2) is 11.9 Å². The van der Waals surface area contributed by atoms with Crippen LogP contribution in [0, 0.1) is 0 Å². The molecule has 0 unspecified atom stereocenters. The van der Waals surface area contributed by atoms with Gasteiger partial charge in [-0.05, 0) is 47.3 Å². The van der Waals surface area contributed by atoms with Crippen LogP contribution < -0.4 is 5.32 Å².